The number of aliphatic hydroxyl groups excluding tert-OH is 1. The predicted molar refractivity (Wildman–Crippen MR) is 46.9 cm³/mol. The van der Waals surface area contributed by atoms with Crippen LogP contribution in [0.25, 0.3) is 0 Å². The molecule has 1 N–H and O–H groups in total. The highest BCUT2D eigenvalue weighted by atomic mass is 32.2. The van der Waals surface area contributed by atoms with Crippen molar-refractivity contribution < 1.29 is 9.63 Å². The van der Waals surface area contributed by atoms with Crippen molar-refractivity contribution >= 4 is 11.8 Å². The molecule has 0 spiro atoms. The van der Waals surface area contributed by atoms with Crippen LogP contribution in [-0.4, -0.2) is 27.6 Å². The van der Waals surface area contributed by atoms with E-state index in [-0.39, 0.29) is 6.61 Å². The van der Waals surface area contributed by atoms with Gasteiger partial charge in [-0.2, -0.15) is 10.2 Å². The van der Waals surface area contributed by atoms with Crippen LogP contribution < -0.4 is 0 Å². The van der Waals surface area contributed by atoms with Gasteiger partial charge in [0.15, 0.2) is 5.82 Å². The number of hydrogen-bond donors (Lipinski definition) is 1. The molecule has 0 amide bonds. The van der Waals surface area contributed by atoms with Gasteiger partial charge in [-0.05, 0) is 0 Å². The van der Waals surface area contributed by atoms with Gasteiger partial charge in [-0.3, -0.25) is 0 Å². The fraction of sp³-hybridized carbons (Fsp3) is 0.571. The number of rotatable bonds is 5. The lowest BCUT2D eigenvalue weighted by Crippen LogP contribution is -1.92. The van der Waals surface area contributed by atoms with Crippen molar-refractivity contribution in [2.75, 3.05) is 12.4 Å². The number of aromatic nitrogens is 2. The van der Waals surface area contributed by atoms with Crippen molar-refractivity contribution in [2.45, 2.75) is 12.2 Å². The third-order valence-electron chi connectivity index (χ3n) is 1.24. The van der Waals surface area contributed by atoms with Gasteiger partial charge in [-0.1, -0.05) is 5.16 Å². The van der Waals surface area contributed by atoms with Crippen molar-refractivity contribution in [2.24, 2.45) is 0 Å². The summed E-state index contributed by atoms with van der Waals surface area (Å²) >= 11 is 1.42. The minimum atomic E-state index is 0.0182. The van der Waals surface area contributed by atoms with Crippen molar-refractivity contribution in [1.29, 1.82) is 5.26 Å². The summed E-state index contributed by atoms with van der Waals surface area (Å²) in [7, 11) is 0. The van der Waals surface area contributed by atoms with Crippen LogP contribution in [0.2, 0.25) is 0 Å². The zero-order valence-electron chi connectivity index (χ0n) is 6.93. The number of nitriles is 1. The summed E-state index contributed by atoms with van der Waals surface area (Å²) < 4.78 is 4.86. The zero-order chi connectivity index (χ0) is 9.52. The molecule has 0 atom stereocenters. The fourth-order valence-electron chi connectivity index (χ4n) is 0.734. The molecule has 0 fully saturated rings. The third-order valence-corrected chi connectivity index (χ3v) is 2.02. The molecule has 0 unspecified atom stereocenters. The van der Waals surface area contributed by atoms with E-state index >= 15 is 0 Å². The molecule has 0 saturated carbocycles. The molecule has 1 heterocycles. The average Bonchev–Trinajstić information content (AvgIpc) is 2.54. The maximum atomic E-state index is 8.57. The normalized spacial score (nSPS) is 9.85. The van der Waals surface area contributed by atoms with Crippen LogP contribution in [0, 0.1) is 11.3 Å². The van der Waals surface area contributed by atoms with Crippen LogP contribution in [-0.2, 0) is 12.2 Å². The number of thioether (sulfide) groups is 1. The van der Waals surface area contributed by atoms with Crippen molar-refractivity contribution in [1.82, 2.24) is 10.1 Å². The Morgan fingerprint density at radius 1 is 1.62 bits per heavy atom. The summed E-state index contributed by atoms with van der Waals surface area (Å²) in [5.41, 5.74) is 0. The SMILES string of the molecule is N#CCSCc1nc(CCO)no1. The average molecular weight is 199 g/mol. The predicted octanol–water partition coefficient (Wildman–Crippen LogP) is 0.361. The Morgan fingerprint density at radius 3 is 3.15 bits per heavy atom. The lowest BCUT2D eigenvalue weighted by atomic mass is 10.4. The second-order valence-corrected chi connectivity index (χ2v) is 3.21. The van der Waals surface area contributed by atoms with E-state index in [1.165, 1.54) is 11.8 Å². The lowest BCUT2D eigenvalue weighted by molar-refractivity contribution is 0.293. The first kappa shape index (κ1) is 10.0. The van der Waals surface area contributed by atoms with E-state index in [4.69, 9.17) is 14.9 Å². The molecular weight excluding hydrogens is 190 g/mol. The van der Waals surface area contributed by atoms with Crippen LogP contribution >= 0.6 is 11.8 Å². The number of aliphatic hydroxyl groups is 1. The standard InChI is InChI=1S/C7H9N3O2S/c8-2-4-13-5-7-9-6(1-3-11)10-12-7/h11H,1,3-5H2. The topological polar surface area (TPSA) is 82.9 Å². The largest absolute Gasteiger partial charge is 0.396 e. The van der Waals surface area contributed by atoms with E-state index in [1.54, 1.807) is 0 Å². The van der Waals surface area contributed by atoms with Crippen molar-refractivity contribution in [3.05, 3.63) is 11.7 Å². The molecule has 6 heteroatoms. The van der Waals surface area contributed by atoms with Gasteiger partial charge in [0.2, 0.25) is 5.89 Å². The highest BCUT2D eigenvalue weighted by molar-refractivity contribution is 7.98. The second-order valence-electron chi connectivity index (χ2n) is 2.23. The Hall–Kier alpha value is -1.06. The molecule has 1 aromatic heterocycles. The molecule has 1 aromatic rings. The maximum Gasteiger partial charge on any atom is 0.236 e. The van der Waals surface area contributed by atoms with E-state index in [0.717, 1.165) is 0 Å². The highest BCUT2D eigenvalue weighted by Gasteiger charge is 2.04. The van der Waals surface area contributed by atoms with Gasteiger partial charge in [0, 0.05) is 6.42 Å². The quantitative estimate of drug-likeness (QED) is 0.689. The Balaban J connectivity index is 2.36. The van der Waals surface area contributed by atoms with Gasteiger partial charge in [0.25, 0.3) is 0 Å². The minimum Gasteiger partial charge on any atom is -0.396 e. The summed E-state index contributed by atoms with van der Waals surface area (Å²) in [5.74, 6) is 1.97. The van der Waals surface area contributed by atoms with Crippen molar-refractivity contribution in [3.63, 3.8) is 0 Å². The maximum absolute atomic E-state index is 8.57. The molecule has 0 aromatic carbocycles. The minimum absolute atomic E-state index is 0.0182. The van der Waals surface area contributed by atoms with Crippen LogP contribution in [0.15, 0.2) is 4.52 Å². The second kappa shape index (κ2) is 5.56. The Labute approximate surface area is 79.8 Å². The number of hydrogen-bond acceptors (Lipinski definition) is 6. The lowest BCUT2D eigenvalue weighted by Gasteiger charge is -1.87. The van der Waals surface area contributed by atoms with Gasteiger partial charge in [-0.15, -0.1) is 11.8 Å². The smallest absolute Gasteiger partial charge is 0.236 e. The van der Waals surface area contributed by atoms with Gasteiger partial charge in [0.1, 0.15) is 0 Å². The summed E-state index contributed by atoms with van der Waals surface area (Å²) in [6.45, 7) is 0.0182. The first-order valence-corrected chi connectivity index (χ1v) is 4.89. The molecule has 0 aliphatic rings. The molecule has 13 heavy (non-hydrogen) atoms. The first-order valence-electron chi connectivity index (χ1n) is 3.74. The van der Waals surface area contributed by atoms with E-state index in [1.807, 2.05) is 6.07 Å². The summed E-state index contributed by atoms with van der Waals surface area (Å²) in [5, 5.41) is 20.5. The van der Waals surface area contributed by atoms with E-state index < -0.39 is 0 Å². The van der Waals surface area contributed by atoms with E-state index in [9.17, 15) is 0 Å². The first-order chi connectivity index (χ1) is 6.36. The van der Waals surface area contributed by atoms with Gasteiger partial charge in [0.05, 0.1) is 24.2 Å². The Bertz CT molecular complexity index is 294. The van der Waals surface area contributed by atoms with Gasteiger partial charge in [-0.25, -0.2) is 0 Å². The number of nitrogens with zero attached hydrogens (tertiary/aromatic N) is 3. The van der Waals surface area contributed by atoms with Crippen molar-refractivity contribution in [3.8, 4) is 6.07 Å². The van der Waals surface area contributed by atoms with E-state index in [2.05, 4.69) is 10.1 Å². The molecule has 0 radical (unpaired) electrons. The molecule has 1 rings (SSSR count). The monoisotopic (exact) mass is 199 g/mol. The molecule has 0 aliphatic heterocycles. The molecule has 0 aliphatic carbocycles. The molecule has 70 valence electrons. The third kappa shape index (κ3) is 3.44. The molecule has 0 saturated heterocycles. The summed E-state index contributed by atoms with van der Waals surface area (Å²) in [6, 6.07) is 2.00. The molecule has 0 bridgehead atoms. The summed E-state index contributed by atoms with van der Waals surface area (Å²) in [6.07, 6.45) is 0.409. The molecular formula is C7H9N3O2S. The van der Waals surface area contributed by atoms with Crippen LogP contribution in [0.1, 0.15) is 11.7 Å². The molecule has 5 nitrogen and oxygen atoms in total. The Kier molecular flexibility index (Phi) is 4.29. The van der Waals surface area contributed by atoms with Crippen LogP contribution in [0.3, 0.4) is 0 Å². The van der Waals surface area contributed by atoms with E-state index in [0.29, 0.717) is 29.6 Å². The highest BCUT2D eigenvalue weighted by Crippen LogP contribution is 2.09. The summed E-state index contributed by atoms with van der Waals surface area (Å²) in [4.78, 5) is 4.00. The van der Waals surface area contributed by atoms with Gasteiger partial charge >= 0.3 is 0 Å². The fourth-order valence-corrected chi connectivity index (χ4v) is 1.22. The van der Waals surface area contributed by atoms with Crippen LogP contribution in [0.4, 0.5) is 0 Å². The zero-order valence-corrected chi connectivity index (χ0v) is 7.75. The van der Waals surface area contributed by atoms with Crippen LogP contribution in [0.5, 0.6) is 0 Å². The van der Waals surface area contributed by atoms with Gasteiger partial charge < -0.3 is 9.63 Å². The Morgan fingerprint density at radius 2 is 2.46 bits per heavy atom.